The minimum Gasteiger partial charge on any atom is -0.342 e. The molecule has 8 heteroatoms. The highest BCUT2D eigenvalue weighted by molar-refractivity contribution is 7.99. The van der Waals surface area contributed by atoms with E-state index < -0.39 is 0 Å². The van der Waals surface area contributed by atoms with Gasteiger partial charge in [-0.3, -0.25) is 14.7 Å². The number of H-pyrrole nitrogens is 2. The number of nitrogens with zero attached hydrogens (tertiary/aromatic N) is 3. The van der Waals surface area contributed by atoms with E-state index in [1.807, 2.05) is 16.7 Å². The third-order valence-corrected chi connectivity index (χ3v) is 5.19. The lowest BCUT2D eigenvalue weighted by atomic mass is 10.0. The number of likely N-dealkylation sites (tertiary alicyclic amines) is 1. The highest BCUT2D eigenvalue weighted by Gasteiger charge is 2.27. The summed E-state index contributed by atoms with van der Waals surface area (Å²) in [5, 5.41) is 6.07. The van der Waals surface area contributed by atoms with Gasteiger partial charge in [0, 0.05) is 43.7 Å². The molecule has 1 aromatic rings. The third-order valence-electron chi connectivity index (χ3n) is 4.25. The largest absolute Gasteiger partial charge is 0.342 e. The van der Waals surface area contributed by atoms with E-state index in [1.165, 1.54) is 24.6 Å². The standard InChI is InChI=1S/C13H21N5O2S/c19-12(9-11-14-13(20)16-15-11)18-3-1-10(2-4-18)17-5-7-21-8-6-17/h10H,1-9H2,(H2,14,15,16,20). The summed E-state index contributed by atoms with van der Waals surface area (Å²) in [6.45, 7) is 3.97. The fraction of sp³-hybridized carbons (Fsp3) is 0.769. The quantitative estimate of drug-likeness (QED) is 0.799. The Morgan fingerprint density at radius 3 is 2.57 bits per heavy atom. The van der Waals surface area contributed by atoms with Crippen molar-refractivity contribution in [2.75, 3.05) is 37.7 Å². The monoisotopic (exact) mass is 311 g/mol. The van der Waals surface area contributed by atoms with Crippen molar-refractivity contribution < 1.29 is 4.79 Å². The summed E-state index contributed by atoms with van der Waals surface area (Å²) in [5.41, 5.74) is -0.362. The molecular weight excluding hydrogens is 290 g/mol. The molecular formula is C13H21N5O2S. The molecule has 0 unspecified atom stereocenters. The molecule has 1 aromatic heterocycles. The summed E-state index contributed by atoms with van der Waals surface area (Å²) in [7, 11) is 0. The van der Waals surface area contributed by atoms with E-state index in [0.717, 1.165) is 25.9 Å². The lowest BCUT2D eigenvalue weighted by Gasteiger charge is -2.40. The maximum atomic E-state index is 12.2. The number of aromatic amines is 2. The number of rotatable bonds is 3. The Labute approximate surface area is 127 Å². The normalized spacial score (nSPS) is 21.6. The Morgan fingerprint density at radius 1 is 1.24 bits per heavy atom. The molecule has 7 nitrogen and oxygen atoms in total. The van der Waals surface area contributed by atoms with Gasteiger partial charge in [0.2, 0.25) is 5.91 Å². The average Bonchev–Trinajstić information content (AvgIpc) is 2.93. The Hall–Kier alpha value is -1.28. The van der Waals surface area contributed by atoms with Gasteiger partial charge in [-0.15, -0.1) is 0 Å². The van der Waals surface area contributed by atoms with Crippen molar-refractivity contribution in [1.29, 1.82) is 0 Å². The maximum Gasteiger partial charge on any atom is 0.340 e. The fourth-order valence-electron chi connectivity index (χ4n) is 3.07. The van der Waals surface area contributed by atoms with E-state index in [1.54, 1.807) is 0 Å². The predicted octanol–water partition coefficient (Wildman–Crippen LogP) is -0.320. The second-order valence-corrected chi connectivity index (χ2v) is 6.79. The molecule has 0 bridgehead atoms. The molecule has 0 spiro atoms. The Kier molecular flexibility index (Phi) is 4.64. The van der Waals surface area contributed by atoms with Gasteiger partial charge in [0.15, 0.2) is 0 Å². The molecule has 3 heterocycles. The topological polar surface area (TPSA) is 85.1 Å². The highest BCUT2D eigenvalue weighted by Crippen LogP contribution is 2.20. The van der Waals surface area contributed by atoms with Crippen molar-refractivity contribution >= 4 is 17.7 Å². The molecule has 2 aliphatic heterocycles. The van der Waals surface area contributed by atoms with E-state index in [0.29, 0.717) is 11.9 Å². The molecule has 0 radical (unpaired) electrons. The number of amides is 1. The second kappa shape index (κ2) is 6.65. The van der Waals surface area contributed by atoms with Crippen molar-refractivity contribution in [2.45, 2.75) is 25.3 Å². The fourth-order valence-corrected chi connectivity index (χ4v) is 4.00. The molecule has 2 saturated heterocycles. The first-order valence-corrected chi connectivity index (χ1v) is 8.61. The lowest BCUT2D eigenvalue weighted by molar-refractivity contribution is -0.132. The van der Waals surface area contributed by atoms with Crippen molar-refractivity contribution in [1.82, 2.24) is 25.0 Å². The van der Waals surface area contributed by atoms with Gasteiger partial charge >= 0.3 is 5.69 Å². The van der Waals surface area contributed by atoms with Crippen LogP contribution in [0.3, 0.4) is 0 Å². The zero-order valence-corrected chi connectivity index (χ0v) is 12.8. The van der Waals surface area contributed by atoms with Gasteiger partial charge in [0.25, 0.3) is 0 Å². The number of nitrogens with one attached hydrogen (secondary N) is 2. The van der Waals surface area contributed by atoms with Crippen LogP contribution in [-0.2, 0) is 11.2 Å². The van der Waals surface area contributed by atoms with Crippen molar-refractivity contribution in [2.24, 2.45) is 0 Å². The van der Waals surface area contributed by atoms with Gasteiger partial charge in [-0.25, -0.2) is 9.89 Å². The summed E-state index contributed by atoms with van der Waals surface area (Å²) >= 11 is 2.03. The number of hydrogen-bond donors (Lipinski definition) is 2. The minimum atomic E-state index is -0.362. The van der Waals surface area contributed by atoms with E-state index >= 15 is 0 Å². The van der Waals surface area contributed by atoms with Crippen LogP contribution in [0.2, 0.25) is 0 Å². The number of aromatic nitrogens is 3. The van der Waals surface area contributed by atoms with E-state index in [2.05, 4.69) is 20.1 Å². The molecule has 0 atom stereocenters. The first kappa shape index (κ1) is 14.6. The molecule has 0 saturated carbocycles. The average molecular weight is 311 g/mol. The summed E-state index contributed by atoms with van der Waals surface area (Å²) in [4.78, 5) is 30.1. The summed E-state index contributed by atoms with van der Waals surface area (Å²) in [5.74, 6) is 2.92. The predicted molar refractivity (Wildman–Crippen MR) is 81.4 cm³/mol. The van der Waals surface area contributed by atoms with E-state index in [9.17, 15) is 9.59 Å². The number of carbonyl (C=O) groups excluding carboxylic acids is 1. The van der Waals surface area contributed by atoms with Gasteiger partial charge in [-0.1, -0.05) is 0 Å². The molecule has 2 aliphatic rings. The van der Waals surface area contributed by atoms with Crippen LogP contribution in [0.5, 0.6) is 0 Å². The van der Waals surface area contributed by atoms with Crippen LogP contribution in [-0.4, -0.2) is 74.6 Å². The van der Waals surface area contributed by atoms with Crippen molar-refractivity contribution in [3.63, 3.8) is 0 Å². The van der Waals surface area contributed by atoms with Gasteiger partial charge in [-0.05, 0) is 12.8 Å². The number of thioether (sulfide) groups is 1. The van der Waals surface area contributed by atoms with Crippen LogP contribution in [0.15, 0.2) is 4.79 Å². The minimum absolute atomic E-state index is 0.0467. The van der Waals surface area contributed by atoms with Crippen LogP contribution in [0.1, 0.15) is 18.7 Å². The van der Waals surface area contributed by atoms with Gasteiger partial charge < -0.3 is 4.90 Å². The molecule has 2 fully saturated rings. The zero-order valence-electron chi connectivity index (χ0n) is 12.0. The van der Waals surface area contributed by atoms with Crippen LogP contribution in [0, 0.1) is 0 Å². The molecule has 21 heavy (non-hydrogen) atoms. The Bertz CT molecular complexity index is 529. The van der Waals surface area contributed by atoms with E-state index in [4.69, 9.17) is 0 Å². The van der Waals surface area contributed by atoms with Crippen molar-refractivity contribution in [3.05, 3.63) is 16.3 Å². The first-order chi connectivity index (χ1) is 10.2. The molecule has 1 amide bonds. The van der Waals surface area contributed by atoms with E-state index in [-0.39, 0.29) is 18.0 Å². The van der Waals surface area contributed by atoms with Gasteiger partial charge in [0.1, 0.15) is 5.82 Å². The molecule has 2 N–H and O–H groups in total. The van der Waals surface area contributed by atoms with Crippen molar-refractivity contribution in [3.8, 4) is 0 Å². The molecule has 116 valence electrons. The summed E-state index contributed by atoms with van der Waals surface area (Å²) in [6, 6.07) is 0.625. The van der Waals surface area contributed by atoms with Crippen LogP contribution < -0.4 is 5.69 Å². The Morgan fingerprint density at radius 2 is 1.95 bits per heavy atom. The lowest BCUT2D eigenvalue weighted by Crippen LogP contribution is -2.49. The third kappa shape index (κ3) is 3.68. The first-order valence-electron chi connectivity index (χ1n) is 7.45. The number of hydrogen-bond acceptors (Lipinski definition) is 5. The van der Waals surface area contributed by atoms with Crippen LogP contribution in [0.25, 0.3) is 0 Å². The van der Waals surface area contributed by atoms with Gasteiger partial charge in [-0.2, -0.15) is 16.9 Å². The van der Waals surface area contributed by atoms with Crippen LogP contribution >= 0.6 is 11.8 Å². The maximum absolute atomic E-state index is 12.2. The zero-order chi connectivity index (χ0) is 14.7. The second-order valence-electron chi connectivity index (χ2n) is 5.56. The molecule has 0 aromatic carbocycles. The van der Waals surface area contributed by atoms with Gasteiger partial charge in [0.05, 0.1) is 6.42 Å². The molecule has 3 rings (SSSR count). The summed E-state index contributed by atoms with van der Waals surface area (Å²) in [6.07, 6.45) is 2.27. The smallest absolute Gasteiger partial charge is 0.340 e. The number of piperidine rings is 1. The van der Waals surface area contributed by atoms with Crippen LogP contribution in [0.4, 0.5) is 0 Å². The molecule has 0 aliphatic carbocycles. The number of carbonyl (C=O) groups is 1. The summed E-state index contributed by atoms with van der Waals surface area (Å²) < 4.78 is 0. The highest BCUT2D eigenvalue weighted by atomic mass is 32.2. The Balaban J connectivity index is 1.48. The SMILES string of the molecule is O=C(Cc1n[nH]c(=O)[nH]1)N1CCC(N2CCSCC2)CC1.